The molecule has 5 heteroatoms. The van der Waals surface area contributed by atoms with Crippen molar-refractivity contribution in [2.24, 2.45) is 5.73 Å². The third kappa shape index (κ3) is 5.76. The van der Waals surface area contributed by atoms with Gasteiger partial charge >= 0.3 is 0 Å². The van der Waals surface area contributed by atoms with Crippen molar-refractivity contribution in [1.82, 2.24) is 0 Å². The van der Waals surface area contributed by atoms with E-state index in [0.717, 1.165) is 12.7 Å². The number of nitrogens with two attached hydrogens (primary N) is 1. The minimum Gasteiger partial charge on any atom is -0.481 e. The van der Waals surface area contributed by atoms with E-state index in [9.17, 15) is 0 Å². The monoisotopic (exact) mass is 191 g/mol. The Labute approximate surface area is 74.9 Å². The van der Waals surface area contributed by atoms with Gasteiger partial charge in [0, 0.05) is 6.92 Å². The summed E-state index contributed by atoms with van der Waals surface area (Å²) in [5, 5.41) is 8.02. The number of furan rings is 1. The highest BCUT2D eigenvalue weighted by atomic mass is 35.5. The maximum atomic E-state index is 9.00. The standard InChI is InChI=1S/C5H6ClNO.C2H4O2/c6-4-1-5(2-7)8-3-4;1-2(3)4/h1,3H,2,7H2;1H3,(H,3,4). The van der Waals surface area contributed by atoms with Crippen LogP contribution < -0.4 is 5.73 Å². The third-order valence-corrected chi connectivity index (χ3v) is 1.02. The molecule has 0 bridgehead atoms. The number of hydrogen-bond donors (Lipinski definition) is 2. The molecule has 0 unspecified atom stereocenters. The van der Waals surface area contributed by atoms with Crippen LogP contribution >= 0.6 is 11.6 Å². The molecule has 0 spiro atoms. The first kappa shape index (κ1) is 11.0. The van der Waals surface area contributed by atoms with Gasteiger partial charge in [-0.15, -0.1) is 0 Å². The number of rotatable bonds is 1. The Bertz CT molecular complexity index is 243. The zero-order chi connectivity index (χ0) is 9.56. The molecule has 0 saturated carbocycles. The lowest BCUT2D eigenvalue weighted by Crippen LogP contribution is -1.92. The maximum absolute atomic E-state index is 9.00. The Balaban J connectivity index is 0.000000261. The molecule has 0 aliphatic heterocycles. The van der Waals surface area contributed by atoms with Gasteiger partial charge in [0.15, 0.2) is 0 Å². The second kappa shape index (κ2) is 5.62. The van der Waals surface area contributed by atoms with Crippen molar-refractivity contribution in [2.45, 2.75) is 13.5 Å². The van der Waals surface area contributed by atoms with E-state index in [-0.39, 0.29) is 0 Å². The van der Waals surface area contributed by atoms with Crippen LogP contribution in [0.25, 0.3) is 0 Å². The molecule has 1 aromatic heterocycles. The number of hydrogen-bond acceptors (Lipinski definition) is 3. The molecule has 0 atom stereocenters. The van der Waals surface area contributed by atoms with Crippen molar-refractivity contribution in [3.05, 3.63) is 23.1 Å². The summed E-state index contributed by atoms with van der Waals surface area (Å²) in [6, 6.07) is 1.70. The van der Waals surface area contributed by atoms with Gasteiger partial charge in [0.1, 0.15) is 12.0 Å². The van der Waals surface area contributed by atoms with E-state index < -0.39 is 5.97 Å². The largest absolute Gasteiger partial charge is 0.481 e. The maximum Gasteiger partial charge on any atom is 0.300 e. The van der Waals surface area contributed by atoms with Crippen molar-refractivity contribution in [3.8, 4) is 0 Å². The number of carboxylic acid groups (broad SMARTS) is 1. The summed E-state index contributed by atoms with van der Waals surface area (Å²) in [7, 11) is 0. The van der Waals surface area contributed by atoms with E-state index in [2.05, 4.69) is 0 Å². The summed E-state index contributed by atoms with van der Waals surface area (Å²) in [6.45, 7) is 1.49. The van der Waals surface area contributed by atoms with Crippen LogP contribution in [0.3, 0.4) is 0 Å². The van der Waals surface area contributed by atoms with Crippen LogP contribution in [-0.4, -0.2) is 11.1 Å². The van der Waals surface area contributed by atoms with Gasteiger partial charge in [-0.25, -0.2) is 0 Å². The van der Waals surface area contributed by atoms with Gasteiger partial charge in [0.25, 0.3) is 5.97 Å². The average molecular weight is 192 g/mol. The number of aliphatic carboxylic acids is 1. The first-order chi connectivity index (χ1) is 5.56. The van der Waals surface area contributed by atoms with E-state index >= 15 is 0 Å². The topological polar surface area (TPSA) is 76.5 Å². The van der Waals surface area contributed by atoms with Crippen LogP contribution in [0.1, 0.15) is 12.7 Å². The highest BCUT2D eigenvalue weighted by Gasteiger charge is 1.93. The summed E-state index contributed by atoms with van der Waals surface area (Å²) >= 11 is 5.49. The van der Waals surface area contributed by atoms with E-state index in [1.165, 1.54) is 6.26 Å². The van der Waals surface area contributed by atoms with Gasteiger partial charge in [0.05, 0.1) is 11.6 Å². The Morgan fingerprint density at radius 3 is 2.50 bits per heavy atom. The second-order valence-electron chi connectivity index (χ2n) is 1.95. The molecular formula is C7H10ClNO3. The van der Waals surface area contributed by atoms with Gasteiger partial charge in [-0.2, -0.15) is 0 Å². The van der Waals surface area contributed by atoms with Crippen molar-refractivity contribution in [2.75, 3.05) is 0 Å². The summed E-state index contributed by atoms with van der Waals surface area (Å²) in [4.78, 5) is 9.00. The highest BCUT2D eigenvalue weighted by molar-refractivity contribution is 6.30. The molecule has 0 aliphatic rings. The molecule has 0 fully saturated rings. The molecule has 0 aromatic carbocycles. The zero-order valence-electron chi connectivity index (χ0n) is 6.58. The zero-order valence-corrected chi connectivity index (χ0v) is 7.34. The van der Waals surface area contributed by atoms with Gasteiger partial charge < -0.3 is 15.3 Å². The molecule has 0 amide bonds. The summed E-state index contributed by atoms with van der Waals surface area (Å²) < 4.78 is 4.86. The number of halogens is 1. The predicted octanol–water partition coefficient (Wildman–Crippen LogP) is 1.48. The van der Waals surface area contributed by atoms with Gasteiger partial charge in [-0.05, 0) is 6.07 Å². The lowest BCUT2D eigenvalue weighted by atomic mass is 10.5. The molecular weight excluding hydrogens is 182 g/mol. The van der Waals surface area contributed by atoms with Crippen LogP contribution in [0.5, 0.6) is 0 Å². The van der Waals surface area contributed by atoms with Gasteiger partial charge in [-0.1, -0.05) is 11.6 Å². The van der Waals surface area contributed by atoms with Crippen LogP contribution in [-0.2, 0) is 11.3 Å². The Kier molecular flexibility index (Phi) is 5.16. The van der Waals surface area contributed by atoms with Gasteiger partial charge in [0.2, 0.25) is 0 Å². The molecule has 0 saturated heterocycles. The molecule has 68 valence electrons. The smallest absolute Gasteiger partial charge is 0.300 e. The van der Waals surface area contributed by atoms with Crippen molar-refractivity contribution < 1.29 is 14.3 Å². The number of carbonyl (C=O) groups is 1. The molecule has 0 radical (unpaired) electrons. The van der Waals surface area contributed by atoms with Crippen molar-refractivity contribution >= 4 is 17.6 Å². The molecule has 1 rings (SSSR count). The van der Waals surface area contributed by atoms with E-state index in [4.69, 9.17) is 31.7 Å². The fourth-order valence-corrected chi connectivity index (χ4v) is 0.627. The van der Waals surface area contributed by atoms with Gasteiger partial charge in [-0.3, -0.25) is 4.79 Å². The number of carboxylic acids is 1. The summed E-state index contributed by atoms with van der Waals surface area (Å²) in [6.07, 6.45) is 1.46. The van der Waals surface area contributed by atoms with Crippen LogP contribution in [0, 0.1) is 0 Å². The quantitative estimate of drug-likeness (QED) is 0.705. The molecule has 3 N–H and O–H groups in total. The lowest BCUT2D eigenvalue weighted by Gasteiger charge is -1.80. The fourth-order valence-electron chi connectivity index (χ4n) is 0.461. The normalized spacial score (nSPS) is 8.58. The van der Waals surface area contributed by atoms with Crippen LogP contribution in [0.4, 0.5) is 0 Å². The molecule has 4 nitrogen and oxygen atoms in total. The van der Waals surface area contributed by atoms with Crippen LogP contribution in [0.15, 0.2) is 16.7 Å². The minimum atomic E-state index is -0.833. The molecule has 12 heavy (non-hydrogen) atoms. The van der Waals surface area contributed by atoms with E-state index in [1.54, 1.807) is 6.07 Å². The second-order valence-corrected chi connectivity index (χ2v) is 2.39. The molecule has 1 heterocycles. The highest BCUT2D eigenvalue weighted by Crippen LogP contribution is 2.11. The minimum absolute atomic E-state index is 0.409. The molecule has 1 aromatic rings. The predicted molar refractivity (Wildman–Crippen MR) is 44.9 cm³/mol. The van der Waals surface area contributed by atoms with Crippen LogP contribution in [0.2, 0.25) is 5.02 Å². The first-order valence-corrected chi connectivity index (χ1v) is 3.56. The Hall–Kier alpha value is -1.00. The summed E-state index contributed by atoms with van der Waals surface area (Å²) in [5.74, 6) is -0.116. The molecule has 0 aliphatic carbocycles. The Morgan fingerprint density at radius 1 is 1.83 bits per heavy atom. The van der Waals surface area contributed by atoms with Crippen molar-refractivity contribution in [1.29, 1.82) is 0 Å². The SMILES string of the molecule is CC(=O)O.NCc1cc(Cl)co1. The van der Waals surface area contributed by atoms with E-state index in [0.29, 0.717) is 11.6 Å². The third-order valence-electron chi connectivity index (χ3n) is 0.823. The first-order valence-electron chi connectivity index (χ1n) is 3.18. The Morgan fingerprint density at radius 2 is 2.33 bits per heavy atom. The van der Waals surface area contributed by atoms with E-state index in [1.807, 2.05) is 0 Å². The van der Waals surface area contributed by atoms with Crippen molar-refractivity contribution in [3.63, 3.8) is 0 Å². The summed E-state index contributed by atoms with van der Waals surface area (Å²) in [5.41, 5.74) is 5.21. The average Bonchev–Trinajstić information content (AvgIpc) is 2.34. The fraction of sp³-hybridized carbons (Fsp3) is 0.286. The lowest BCUT2D eigenvalue weighted by molar-refractivity contribution is -0.134.